The van der Waals surface area contributed by atoms with E-state index in [1.807, 2.05) is 42.5 Å². The molecule has 12 aromatic rings. The lowest BCUT2D eigenvalue weighted by Crippen LogP contribution is -2.01. The van der Waals surface area contributed by atoms with Crippen molar-refractivity contribution in [1.29, 1.82) is 0 Å². The standard InChI is InChI=1S/C64H40N4/c1-65-61-41-48(35-36-58(61)55-29-11-13-31-57(55)60-40-49-21-7-8-26-52(49)54-28-10-12-30-56(54)60)46-23-15-22-45(37-46)47-24-16-25-51(39-47)63-66-62(43-18-3-2-4-19-43)67-64(68-63)59-32-14-9-27-53(59)50-34-33-42-17-5-6-20-44(42)38-50/h2-41H. The van der Waals surface area contributed by atoms with Gasteiger partial charge in [-0.05, 0) is 118 Å². The molecular weight excluding hydrogens is 825 g/mol. The van der Waals surface area contributed by atoms with Crippen LogP contribution in [0.25, 0.3) is 127 Å². The number of hydrogen-bond acceptors (Lipinski definition) is 3. The molecule has 1 heterocycles. The number of fused-ring (bicyclic) bond motifs is 4. The summed E-state index contributed by atoms with van der Waals surface area (Å²) in [7, 11) is 0. The normalized spacial score (nSPS) is 11.2. The fraction of sp³-hybridized carbons (Fsp3) is 0. The zero-order chi connectivity index (χ0) is 45.4. The molecule has 4 heteroatoms. The Morgan fingerprint density at radius 3 is 1.49 bits per heavy atom. The first-order valence-electron chi connectivity index (χ1n) is 22.8. The summed E-state index contributed by atoms with van der Waals surface area (Å²) in [4.78, 5) is 19.5. The Morgan fingerprint density at radius 2 is 0.750 bits per heavy atom. The minimum absolute atomic E-state index is 0.592. The maximum absolute atomic E-state index is 8.42. The van der Waals surface area contributed by atoms with Crippen LogP contribution in [0, 0.1) is 6.57 Å². The van der Waals surface area contributed by atoms with Crippen LogP contribution < -0.4 is 0 Å². The molecule has 0 aliphatic carbocycles. The van der Waals surface area contributed by atoms with Crippen LogP contribution in [0.3, 0.4) is 0 Å². The van der Waals surface area contributed by atoms with Gasteiger partial charge >= 0.3 is 0 Å². The van der Waals surface area contributed by atoms with E-state index in [0.29, 0.717) is 23.2 Å². The number of rotatable bonds is 8. The summed E-state index contributed by atoms with van der Waals surface area (Å²) in [6.07, 6.45) is 0. The van der Waals surface area contributed by atoms with Crippen LogP contribution in [0.1, 0.15) is 0 Å². The summed E-state index contributed by atoms with van der Waals surface area (Å²) in [5, 5.41) is 7.21. The number of hydrogen-bond donors (Lipinski definition) is 0. The summed E-state index contributed by atoms with van der Waals surface area (Å²) < 4.78 is 0. The number of aromatic nitrogens is 3. The minimum atomic E-state index is 0.592. The second-order valence-corrected chi connectivity index (χ2v) is 17.0. The molecule has 0 amide bonds. The molecule has 0 aliphatic heterocycles. The largest absolute Gasteiger partial charge is 0.237 e. The zero-order valence-electron chi connectivity index (χ0n) is 36.9. The van der Waals surface area contributed by atoms with Crippen LogP contribution in [0.2, 0.25) is 0 Å². The first-order valence-corrected chi connectivity index (χ1v) is 22.8. The summed E-state index contributed by atoms with van der Waals surface area (Å²) in [5.41, 5.74) is 13.8. The van der Waals surface area contributed by atoms with Gasteiger partial charge in [-0.2, -0.15) is 0 Å². The summed E-state index contributed by atoms with van der Waals surface area (Å²) >= 11 is 0. The summed E-state index contributed by atoms with van der Waals surface area (Å²) in [5.74, 6) is 1.81. The van der Waals surface area contributed by atoms with Crippen molar-refractivity contribution >= 4 is 38.0 Å². The highest BCUT2D eigenvalue weighted by Crippen LogP contribution is 2.44. The van der Waals surface area contributed by atoms with Gasteiger partial charge < -0.3 is 0 Å². The SMILES string of the molecule is [C-]#[N+]c1cc(-c2cccc(-c3cccc(-c4nc(-c5ccccc5)nc(-c5ccccc5-c5ccc6ccccc6c5)n4)c3)c2)ccc1-c1ccccc1-c1cc2ccccc2c2ccccc12. The fourth-order valence-electron chi connectivity index (χ4n) is 9.61. The van der Waals surface area contributed by atoms with Crippen LogP contribution in [0.5, 0.6) is 0 Å². The van der Waals surface area contributed by atoms with Crippen LogP contribution in [-0.4, -0.2) is 15.0 Å². The van der Waals surface area contributed by atoms with Gasteiger partial charge in [0.2, 0.25) is 0 Å². The van der Waals surface area contributed by atoms with Gasteiger partial charge in [0.25, 0.3) is 0 Å². The molecule has 0 N–H and O–H groups in total. The van der Waals surface area contributed by atoms with E-state index in [0.717, 1.165) is 72.3 Å². The predicted molar refractivity (Wildman–Crippen MR) is 282 cm³/mol. The molecule has 0 saturated carbocycles. The lowest BCUT2D eigenvalue weighted by atomic mass is 9.88. The first-order chi connectivity index (χ1) is 33.6. The second-order valence-electron chi connectivity index (χ2n) is 17.0. The third-order valence-corrected chi connectivity index (χ3v) is 12.9. The average molecular weight is 865 g/mol. The van der Waals surface area contributed by atoms with Crippen LogP contribution in [0.15, 0.2) is 243 Å². The number of nitrogens with zero attached hydrogens (tertiary/aromatic N) is 4. The lowest BCUT2D eigenvalue weighted by molar-refractivity contribution is 1.07. The predicted octanol–water partition coefficient (Wildman–Crippen LogP) is 17.2. The fourth-order valence-corrected chi connectivity index (χ4v) is 9.61. The molecule has 0 bridgehead atoms. The molecule has 0 radical (unpaired) electrons. The van der Waals surface area contributed by atoms with Crippen molar-refractivity contribution < 1.29 is 0 Å². The third-order valence-electron chi connectivity index (χ3n) is 12.9. The molecule has 12 rings (SSSR count). The van der Waals surface area contributed by atoms with Gasteiger partial charge in [0.05, 0.1) is 6.57 Å². The highest BCUT2D eigenvalue weighted by atomic mass is 15.0. The Kier molecular flexibility index (Phi) is 10.2. The van der Waals surface area contributed by atoms with E-state index in [-0.39, 0.29) is 0 Å². The molecular formula is C64H40N4. The monoisotopic (exact) mass is 864 g/mol. The van der Waals surface area contributed by atoms with Crippen LogP contribution in [-0.2, 0) is 0 Å². The number of benzene rings is 11. The highest BCUT2D eigenvalue weighted by molar-refractivity contribution is 6.15. The topological polar surface area (TPSA) is 43.0 Å². The summed E-state index contributed by atoms with van der Waals surface area (Å²) in [6.45, 7) is 8.42. The Labute approximate surface area is 395 Å². The Balaban J connectivity index is 0.910. The van der Waals surface area contributed by atoms with Gasteiger partial charge in [0.1, 0.15) is 0 Å². The molecule has 68 heavy (non-hydrogen) atoms. The van der Waals surface area contributed by atoms with Crippen LogP contribution in [0.4, 0.5) is 5.69 Å². The molecule has 11 aromatic carbocycles. The molecule has 0 fully saturated rings. The molecule has 1 aromatic heterocycles. The van der Waals surface area contributed by atoms with E-state index in [4.69, 9.17) is 21.5 Å². The lowest BCUT2D eigenvalue weighted by Gasteiger charge is -2.16. The Hall–Kier alpha value is -9.30. The first kappa shape index (κ1) is 40.2. The van der Waals surface area contributed by atoms with Crippen molar-refractivity contribution in [2.75, 3.05) is 0 Å². The van der Waals surface area contributed by atoms with E-state index in [1.165, 1.54) is 32.3 Å². The third kappa shape index (κ3) is 7.45. The van der Waals surface area contributed by atoms with Gasteiger partial charge in [-0.3, -0.25) is 0 Å². The maximum Gasteiger partial charge on any atom is 0.195 e. The van der Waals surface area contributed by atoms with Crippen molar-refractivity contribution in [3.05, 3.63) is 254 Å². The molecule has 0 aliphatic rings. The smallest absolute Gasteiger partial charge is 0.195 e. The molecule has 0 spiro atoms. The molecule has 0 saturated heterocycles. The average Bonchev–Trinajstić information content (AvgIpc) is 3.42. The quantitative estimate of drug-likeness (QED) is 0.113. The van der Waals surface area contributed by atoms with Crippen molar-refractivity contribution in [1.82, 2.24) is 15.0 Å². The Bertz CT molecular complexity index is 3940. The van der Waals surface area contributed by atoms with Gasteiger partial charge in [-0.1, -0.05) is 212 Å². The van der Waals surface area contributed by atoms with E-state index >= 15 is 0 Å². The molecule has 0 atom stereocenters. The Morgan fingerprint density at radius 1 is 0.250 bits per heavy atom. The van der Waals surface area contributed by atoms with Gasteiger partial charge in [0, 0.05) is 16.7 Å². The van der Waals surface area contributed by atoms with Gasteiger partial charge in [-0.15, -0.1) is 0 Å². The highest BCUT2D eigenvalue weighted by Gasteiger charge is 2.18. The van der Waals surface area contributed by atoms with E-state index in [2.05, 4.69) is 205 Å². The second kappa shape index (κ2) is 17.2. The maximum atomic E-state index is 8.42. The van der Waals surface area contributed by atoms with Crippen molar-refractivity contribution in [3.8, 4) is 89.8 Å². The molecule has 4 nitrogen and oxygen atoms in total. The zero-order valence-corrected chi connectivity index (χ0v) is 36.9. The summed E-state index contributed by atoms with van der Waals surface area (Å²) in [6, 6.07) is 84.6. The molecule has 316 valence electrons. The van der Waals surface area contributed by atoms with Crippen molar-refractivity contribution in [2.24, 2.45) is 0 Å². The van der Waals surface area contributed by atoms with E-state index in [1.54, 1.807) is 0 Å². The van der Waals surface area contributed by atoms with Gasteiger partial charge in [-0.25, -0.2) is 19.8 Å². The van der Waals surface area contributed by atoms with Gasteiger partial charge in [0.15, 0.2) is 23.2 Å². The minimum Gasteiger partial charge on any atom is -0.237 e. The molecule has 0 unspecified atom stereocenters. The van der Waals surface area contributed by atoms with E-state index in [9.17, 15) is 0 Å². The van der Waals surface area contributed by atoms with Crippen LogP contribution >= 0.6 is 0 Å². The van der Waals surface area contributed by atoms with Crippen molar-refractivity contribution in [2.45, 2.75) is 0 Å². The van der Waals surface area contributed by atoms with E-state index < -0.39 is 0 Å². The van der Waals surface area contributed by atoms with Crippen molar-refractivity contribution in [3.63, 3.8) is 0 Å².